The Kier molecular flexibility index (Phi) is 6.08. The van der Waals surface area contributed by atoms with Crippen LogP contribution >= 0.6 is 24.0 Å². The van der Waals surface area contributed by atoms with E-state index >= 15 is 0 Å². The average molecular weight is 251 g/mol. The van der Waals surface area contributed by atoms with Gasteiger partial charge in [0.25, 0.3) is 0 Å². The fourth-order valence-electron chi connectivity index (χ4n) is 0.956. The number of halogens is 2. The molecular formula is C9H12Cl2N2O2. The first-order valence-electron chi connectivity index (χ1n) is 4.01. The number of anilines is 1. The summed E-state index contributed by atoms with van der Waals surface area (Å²) in [4.78, 5) is 10.9. The number of methoxy groups -OCH3 is 1. The Morgan fingerprint density at radius 3 is 2.73 bits per heavy atom. The molecule has 0 spiro atoms. The van der Waals surface area contributed by atoms with Crippen molar-refractivity contribution in [2.24, 2.45) is 5.73 Å². The molecule has 0 aliphatic rings. The fourth-order valence-corrected chi connectivity index (χ4v) is 1.21. The molecule has 3 N–H and O–H groups in total. The largest absolute Gasteiger partial charge is 0.495 e. The van der Waals surface area contributed by atoms with Gasteiger partial charge in [0, 0.05) is 5.69 Å². The van der Waals surface area contributed by atoms with E-state index in [4.69, 9.17) is 22.1 Å². The van der Waals surface area contributed by atoms with Crippen LogP contribution in [0.15, 0.2) is 18.2 Å². The summed E-state index contributed by atoms with van der Waals surface area (Å²) in [5, 5.41) is 3.03. The lowest BCUT2D eigenvalue weighted by Crippen LogP contribution is -2.21. The van der Waals surface area contributed by atoms with E-state index in [0.717, 1.165) is 0 Å². The summed E-state index contributed by atoms with van der Waals surface area (Å²) >= 11 is 5.85. The fraction of sp³-hybridized carbons (Fsp3) is 0.222. The Morgan fingerprint density at radius 2 is 2.27 bits per heavy atom. The Balaban J connectivity index is 0.00000196. The predicted molar refractivity (Wildman–Crippen MR) is 62.9 cm³/mol. The van der Waals surface area contributed by atoms with E-state index in [-0.39, 0.29) is 24.9 Å². The second-order valence-corrected chi connectivity index (χ2v) is 3.01. The minimum Gasteiger partial charge on any atom is -0.495 e. The molecule has 1 aromatic carbocycles. The molecule has 0 heterocycles. The normalized spacial score (nSPS) is 9.00. The number of nitrogens with one attached hydrogen (secondary N) is 1. The van der Waals surface area contributed by atoms with Crippen molar-refractivity contribution in [3.8, 4) is 5.75 Å². The highest BCUT2D eigenvalue weighted by Crippen LogP contribution is 2.26. The van der Waals surface area contributed by atoms with Crippen LogP contribution < -0.4 is 15.8 Å². The molecule has 0 saturated carbocycles. The van der Waals surface area contributed by atoms with Crippen molar-refractivity contribution < 1.29 is 9.53 Å². The summed E-state index contributed by atoms with van der Waals surface area (Å²) in [6.07, 6.45) is 0. The number of hydrogen-bond acceptors (Lipinski definition) is 3. The molecule has 1 aromatic rings. The molecule has 0 aliphatic heterocycles. The van der Waals surface area contributed by atoms with Crippen molar-refractivity contribution in [3.63, 3.8) is 0 Å². The van der Waals surface area contributed by atoms with Gasteiger partial charge < -0.3 is 15.8 Å². The molecule has 84 valence electrons. The van der Waals surface area contributed by atoms with Crippen LogP contribution in [-0.2, 0) is 4.79 Å². The van der Waals surface area contributed by atoms with E-state index in [1.807, 2.05) is 0 Å². The van der Waals surface area contributed by atoms with Gasteiger partial charge in [-0.1, -0.05) is 11.6 Å². The van der Waals surface area contributed by atoms with E-state index in [1.54, 1.807) is 18.2 Å². The highest BCUT2D eigenvalue weighted by molar-refractivity contribution is 6.32. The smallest absolute Gasteiger partial charge is 0.238 e. The molecule has 0 unspecified atom stereocenters. The van der Waals surface area contributed by atoms with E-state index in [9.17, 15) is 4.79 Å². The third-order valence-corrected chi connectivity index (χ3v) is 1.92. The van der Waals surface area contributed by atoms with Crippen LogP contribution in [0.3, 0.4) is 0 Å². The quantitative estimate of drug-likeness (QED) is 0.858. The van der Waals surface area contributed by atoms with Gasteiger partial charge in [0.15, 0.2) is 0 Å². The molecule has 6 heteroatoms. The van der Waals surface area contributed by atoms with Crippen molar-refractivity contribution in [2.75, 3.05) is 19.0 Å². The first-order chi connectivity index (χ1) is 6.67. The minimum atomic E-state index is -0.258. The zero-order valence-electron chi connectivity index (χ0n) is 8.12. The van der Waals surface area contributed by atoms with Gasteiger partial charge in [-0.2, -0.15) is 0 Å². The number of benzene rings is 1. The molecule has 0 saturated heterocycles. The van der Waals surface area contributed by atoms with Crippen LogP contribution in [0, 0.1) is 0 Å². The van der Waals surface area contributed by atoms with Gasteiger partial charge in [-0.25, -0.2) is 0 Å². The number of carbonyl (C=O) groups is 1. The number of carbonyl (C=O) groups excluding carboxylic acids is 1. The maximum atomic E-state index is 10.9. The van der Waals surface area contributed by atoms with Crippen molar-refractivity contribution in [1.82, 2.24) is 0 Å². The van der Waals surface area contributed by atoms with Crippen LogP contribution in [0.1, 0.15) is 0 Å². The second-order valence-electron chi connectivity index (χ2n) is 2.60. The zero-order chi connectivity index (χ0) is 10.6. The van der Waals surface area contributed by atoms with Gasteiger partial charge in [0.2, 0.25) is 5.91 Å². The lowest BCUT2D eigenvalue weighted by atomic mass is 10.3. The molecule has 1 rings (SSSR count). The molecule has 0 atom stereocenters. The molecule has 0 bridgehead atoms. The number of nitrogens with two attached hydrogens (primary N) is 1. The van der Waals surface area contributed by atoms with Crippen LogP contribution in [0.4, 0.5) is 5.69 Å². The van der Waals surface area contributed by atoms with Gasteiger partial charge in [0.05, 0.1) is 18.7 Å². The molecule has 1 amide bonds. The maximum Gasteiger partial charge on any atom is 0.238 e. The van der Waals surface area contributed by atoms with Crippen LogP contribution in [0.25, 0.3) is 0 Å². The Labute approximate surface area is 99.1 Å². The van der Waals surface area contributed by atoms with Crippen LogP contribution in [0.2, 0.25) is 5.02 Å². The monoisotopic (exact) mass is 250 g/mol. The van der Waals surface area contributed by atoms with Crippen LogP contribution in [-0.4, -0.2) is 19.6 Å². The third kappa shape index (κ3) is 3.95. The van der Waals surface area contributed by atoms with Gasteiger partial charge in [-0.05, 0) is 18.2 Å². The van der Waals surface area contributed by atoms with Crippen LogP contribution in [0.5, 0.6) is 5.75 Å². The van der Waals surface area contributed by atoms with E-state index in [2.05, 4.69) is 5.32 Å². The lowest BCUT2D eigenvalue weighted by Gasteiger charge is -2.06. The number of hydrogen-bond donors (Lipinski definition) is 2. The van der Waals surface area contributed by atoms with E-state index < -0.39 is 0 Å². The first-order valence-corrected chi connectivity index (χ1v) is 4.38. The van der Waals surface area contributed by atoms with Gasteiger partial charge in [0.1, 0.15) is 5.75 Å². The number of amides is 1. The van der Waals surface area contributed by atoms with Gasteiger partial charge >= 0.3 is 0 Å². The van der Waals surface area contributed by atoms with Crippen molar-refractivity contribution in [1.29, 1.82) is 0 Å². The van der Waals surface area contributed by atoms with E-state index in [0.29, 0.717) is 16.5 Å². The summed E-state index contributed by atoms with van der Waals surface area (Å²) in [7, 11) is 1.53. The summed E-state index contributed by atoms with van der Waals surface area (Å²) in [5.74, 6) is 0.309. The Morgan fingerprint density at radius 1 is 1.60 bits per heavy atom. The Bertz CT molecular complexity index is 345. The molecular weight excluding hydrogens is 239 g/mol. The second kappa shape index (κ2) is 6.50. The Hall–Kier alpha value is -0.970. The summed E-state index contributed by atoms with van der Waals surface area (Å²) in [6.45, 7) is -0.0519. The number of ether oxygens (including phenoxy) is 1. The van der Waals surface area contributed by atoms with Crippen molar-refractivity contribution >= 4 is 35.6 Å². The topological polar surface area (TPSA) is 64.3 Å². The number of rotatable bonds is 3. The minimum absolute atomic E-state index is 0. The van der Waals surface area contributed by atoms with Gasteiger partial charge in [-0.15, -0.1) is 12.4 Å². The van der Waals surface area contributed by atoms with Crippen molar-refractivity contribution in [2.45, 2.75) is 0 Å². The summed E-state index contributed by atoms with van der Waals surface area (Å²) in [5.41, 5.74) is 5.75. The molecule has 0 fully saturated rings. The third-order valence-electron chi connectivity index (χ3n) is 1.62. The maximum absolute atomic E-state index is 10.9. The molecule has 15 heavy (non-hydrogen) atoms. The molecule has 0 aliphatic carbocycles. The molecule has 0 aromatic heterocycles. The van der Waals surface area contributed by atoms with Crippen molar-refractivity contribution in [3.05, 3.63) is 23.2 Å². The first kappa shape index (κ1) is 14.0. The highest BCUT2D eigenvalue weighted by Gasteiger charge is 2.03. The highest BCUT2D eigenvalue weighted by atomic mass is 35.5. The zero-order valence-corrected chi connectivity index (χ0v) is 9.69. The SMILES string of the molecule is COc1ccc(NC(=O)CN)cc1Cl.Cl. The summed E-state index contributed by atoms with van der Waals surface area (Å²) in [6, 6.07) is 4.97. The lowest BCUT2D eigenvalue weighted by molar-refractivity contribution is -0.114. The molecule has 0 radical (unpaired) electrons. The standard InChI is InChI=1S/C9H11ClN2O2.ClH/c1-14-8-3-2-6(4-7(8)10)12-9(13)5-11;/h2-4H,5,11H2,1H3,(H,12,13);1H. The van der Waals surface area contributed by atoms with Gasteiger partial charge in [-0.3, -0.25) is 4.79 Å². The molecule has 4 nitrogen and oxygen atoms in total. The van der Waals surface area contributed by atoms with E-state index in [1.165, 1.54) is 7.11 Å². The predicted octanol–water partition coefficient (Wildman–Crippen LogP) is 1.67. The average Bonchev–Trinajstić information content (AvgIpc) is 2.18. The summed E-state index contributed by atoms with van der Waals surface area (Å²) < 4.78 is 4.96.